The van der Waals surface area contributed by atoms with Crippen LogP contribution in [0.4, 0.5) is 0 Å². The lowest BCUT2D eigenvalue weighted by Gasteiger charge is -2.34. The van der Waals surface area contributed by atoms with Crippen molar-refractivity contribution in [3.63, 3.8) is 0 Å². The van der Waals surface area contributed by atoms with Crippen molar-refractivity contribution in [1.82, 2.24) is 14.5 Å². The highest BCUT2D eigenvalue weighted by Gasteiger charge is 2.46. The fourth-order valence-corrected chi connectivity index (χ4v) is 9.99. The fraction of sp³-hybridized carbons (Fsp3) is 0.0169. The van der Waals surface area contributed by atoms with E-state index in [0.717, 1.165) is 50.4 Å². The molecular formula is C59H39N3. The van der Waals surface area contributed by atoms with Crippen LogP contribution in [0.25, 0.3) is 83.6 Å². The lowest BCUT2D eigenvalue weighted by molar-refractivity contribution is 0.768. The minimum absolute atomic E-state index is 0.593. The Kier molecular flexibility index (Phi) is 8.39. The molecule has 0 bridgehead atoms. The van der Waals surface area contributed by atoms with Crippen molar-refractivity contribution in [2.75, 3.05) is 0 Å². The van der Waals surface area contributed by atoms with Crippen LogP contribution in [0.5, 0.6) is 0 Å². The highest BCUT2D eigenvalue weighted by molar-refractivity contribution is 6.10. The molecule has 62 heavy (non-hydrogen) atoms. The van der Waals surface area contributed by atoms with Crippen molar-refractivity contribution in [3.8, 4) is 61.8 Å². The monoisotopic (exact) mass is 789 g/mol. The van der Waals surface area contributed by atoms with E-state index in [1.54, 1.807) is 0 Å². The van der Waals surface area contributed by atoms with E-state index in [0.29, 0.717) is 5.82 Å². The number of hydrogen-bond donors (Lipinski definition) is 0. The number of hydrogen-bond acceptors (Lipinski definition) is 2. The third-order valence-corrected chi connectivity index (χ3v) is 12.7. The minimum Gasteiger partial charge on any atom is -0.309 e. The Labute approximate surface area is 360 Å². The summed E-state index contributed by atoms with van der Waals surface area (Å²) in [6.07, 6.45) is 0. The van der Waals surface area contributed by atoms with Crippen LogP contribution in [0, 0.1) is 0 Å². The first-order valence-electron chi connectivity index (χ1n) is 21.2. The Morgan fingerprint density at radius 1 is 0.323 bits per heavy atom. The van der Waals surface area contributed by atoms with E-state index in [1.807, 2.05) is 0 Å². The molecule has 0 fully saturated rings. The Morgan fingerprint density at radius 2 is 0.855 bits per heavy atom. The molecule has 1 aliphatic rings. The maximum absolute atomic E-state index is 5.50. The van der Waals surface area contributed by atoms with Gasteiger partial charge in [0.15, 0.2) is 5.82 Å². The lowest BCUT2D eigenvalue weighted by atomic mass is 9.67. The molecule has 0 amide bonds. The number of rotatable bonds is 7. The summed E-state index contributed by atoms with van der Waals surface area (Å²) >= 11 is 0. The second-order valence-electron chi connectivity index (χ2n) is 16.1. The molecule has 2 aromatic heterocycles. The zero-order valence-corrected chi connectivity index (χ0v) is 33.9. The van der Waals surface area contributed by atoms with Gasteiger partial charge in [-0.05, 0) is 87.0 Å². The summed E-state index contributed by atoms with van der Waals surface area (Å²) in [5, 5.41) is 2.44. The maximum Gasteiger partial charge on any atom is 0.161 e. The van der Waals surface area contributed by atoms with Crippen molar-refractivity contribution in [3.05, 3.63) is 259 Å². The zero-order chi connectivity index (χ0) is 41.0. The first-order chi connectivity index (χ1) is 30.8. The van der Waals surface area contributed by atoms with Crippen LogP contribution in [-0.4, -0.2) is 14.5 Å². The van der Waals surface area contributed by atoms with Gasteiger partial charge in [-0.25, -0.2) is 9.97 Å². The number of fused-ring (bicyclic) bond motifs is 6. The van der Waals surface area contributed by atoms with Crippen molar-refractivity contribution < 1.29 is 0 Å². The van der Waals surface area contributed by atoms with E-state index in [2.05, 4.69) is 241 Å². The molecule has 9 aromatic carbocycles. The molecule has 11 aromatic rings. The van der Waals surface area contributed by atoms with E-state index in [-0.39, 0.29) is 0 Å². The normalized spacial score (nSPS) is 12.6. The summed E-state index contributed by atoms with van der Waals surface area (Å²) in [6.45, 7) is 0. The van der Waals surface area contributed by atoms with Crippen LogP contribution in [-0.2, 0) is 5.41 Å². The molecule has 0 saturated heterocycles. The molecule has 0 spiro atoms. The first kappa shape index (κ1) is 35.8. The van der Waals surface area contributed by atoms with Crippen molar-refractivity contribution >= 4 is 21.8 Å². The van der Waals surface area contributed by atoms with E-state index < -0.39 is 5.41 Å². The standard InChI is InChI=1S/C59H39N3/c1-6-20-40(21-7-1)54-39-55(41-22-8-2-9-23-41)61-58(60-54)51-38-53-50(46-30-16-18-32-52(46)59(53,43-24-10-3-11-25-43)44-26-12-4-13-27-44)37-49(51)42-34-35-48-47-31-17-19-33-56(47)62(57(48)36-42)45-28-14-5-15-29-45/h1-39H. The Bertz CT molecular complexity index is 3330. The average Bonchev–Trinajstić information content (AvgIpc) is 3.85. The van der Waals surface area contributed by atoms with E-state index in [1.165, 1.54) is 49.7 Å². The van der Waals surface area contributed by atoms with Crippen molar-refractivity contribution in [2.45, 2.75) is 5.41 Å². The molecule has 0 aliphatic heterocycles. The van der Waals surface area contributed by atoms with Gasteiger partial charge >= 0.3 is 0 Å². The summed E-state index contributed by atoms with van der Waals surface area (Å²) in [4.78, 5) is 11.0. The minimum atomic E-state index is -0.593. The lowest BCUT2D eigenvalue weighted by Crippen LogP contribution is -2.28. The second-order valence-corrected chi connectivity index (χ2v) is 16.1. The van der Waals surface area contributed by atoms with Gasteiger partial charge in [0.05, 0.1) is 27.8 Å². The number of para-hydroxylation sites is 2. The number of aromatic nitrogens is 3. The summed E-state index contributed by atoms with van der Waals surface area (Å²) < 4.78 is 2.40. The van der Waals surface area contributed by atoms with Gasteiger partial charge in [-0.3, -0.25) is 0 Å². The summed E-state index contributed by atoms with van der Waals surface area (Å²) in [5.41, 5.74) is 17.2. The highest BCUT2D eigenvalue weighted by atomic mass is 15.0. The van der Waals surface area contributed by atoms with E-state index >= 15 is 0 Å². The number of nitrogens with zero attached hydrogens (tertiary/aromatic N) is 3. The predicted octanol–water partition coefficient (Wildman–Crippen LogP) is 14.6. The summed E-state index contributed by atoms with van der Waals surface area (Å²) in [6, 6.07) is 85.2. The fourth-order valence-electron chi connectivity index (χ4n) is 9.99. The van der Waals surface area contributed by atoms with Crippen LogP contribution < -0.4 is 0 Å². The molecule has 0 unspecified atom stereocenters. The molecule has 3 heteroatoms. The molecule has 0 atom stereocenters. The molecule has 2 heterocycles. The first-order valence-corrected chi connectivity index (χ1v) is 21.2. The predicted molar refractivity (Wildman–Crippen MR) is 255 cm³/mol. The topological polar surface area (TPSA) is 30.7 Å². The Morgan fingerprint density at radius 3 is 1.50 bits per heavy atom. The van der Waals surface area contributed by atoms with Gasteiger partial charge in [-0.1, -0.05) is 194 Å². The molecule has 0 radical (unpaired) electrons. The third kappa shape index (κ3) is 5.59. The summed E-state index contributed by atoms with van der Waals surface area (Å²) in [7, 11) is 0. The van der Waals surface area contributed by atoms with E-state index in [9.17, 15) is 0 Å². The molecular weight excluding hydrogens is 751 g/mol. The molecule has 1 aliphatic carbocycles. The van der Waals surface area contributed by atoms with Crippen LogP contribution in [0.15, 0.2) is 237 Å². The van der Waals surface area contributed by atoms with Crippen LogP contribution in [0.2, 0.25) is 0 Å². The van der Waals surface area contributed by atoms with Gasteiger partial charge < -0.3 is 4.57 Å². The van der Waals surface area contributed by atoms with Crippen LogP contribution >= 0.6 is 0 Å². The van der Waals surface area contributed by atoms with Crippen LogP contribution in [0.1, 0.15) is 22.3 Å². The van der Waals surface area contributed by atoms with Gasteiger partial charge in [-0.2, -0.15) is 0 Å². The van der Waals surface area contributed by atoms with Gasteiger partial charge in [0.25, 0.3) is 0 Å². The molecule has 290 valence electrons. The number of benzene rings is 9. The average molecular weight is 790 g/mol. The van der Waals surface area contributed by atoms with E-state index in [4.69, 9.17) is 9.97 Å². The zero-order valence-electron chi connectivity index (χ0n) is 33.9. The molecule has 0 N–H and O–H groups in total. The molecule has 12 rings (SSSR count). The van der Waals surface area contributed by atoms with Crippen molar-refractivity contribution in [2.24, 2.45) is 0 Å². The SMILES string of the molecule is c1ccc(-c2cc(-c3ccccc3)nc(-c3cc4c(cc3-c3ccc5c6ccccc6n(-c6ccccc6)c5c3)-c3ccccc3C4(c3ccccc3)c3ccccc3)n2)cc1. The van der Waals surface area contributed by atoms with Gasteiger partial charge in [0, 0.05) is 33.2 Å². The smallest absolute Gasteiger partial charge is 0.161 e. The highest BCUT2D eigenvalue weighted by Crippen LogP contribution is 2.58. The quantitative estimate of drug-likeness (QED) is 0.161. The van der Waals surface area contributed by atoms with Gasteiger partial charge in [0.2, 0.25) is 0 Å². The molecule has 0 saturated carbocycles. The van der Waals surface area contributed by atoms with Crippen LogP contribution in [0.3, 0.4) is 0 Å². The molecule has 3 nitrogen and oxygen atoms in total. The second kappa shape index (κ2) is 14.5. The van der Waals surface area contributed by atoms with Gasteiger partial charge in [-0.15, -0.1) is 0 Å². The third-order valence-electron chi connectivity index (χ3n) is 12.7. The largest absolute Gasteiger partial charge is 0.309 e. The van der Waals surface area contributed by atoms with Crippen molar-refractivity contribution in [1.29, 1.82) is 0 Å². The Balaban J connectivity index is 1.21. The van der Waals surface area contributed by atoms with Gasteiger partial charge in [0.1, 0.15) is 0 Å². The Hall–Kier alpha value is -8.14. The summed E-state index contributed by atoms with van der Waals surface area (Å²) in [5.74, 6) is 0.678. The maximum atomic E-state index is 5.50.